The minimum absolute atomic E-state index is 0.313. The third-order valence-corrected chi connectivity index (χ3v) is 3.09. The van der Waals surface area contributed by atoms with Crippen molar-refractivity contribution in [1.82, 2.24) is 4.90 Å². The van der Waals surface area contributed by atoms with E-state index in [0.717, 1.165) is 19.5 Å². The summed E-state index contributed by atoms with van der Waals surface area (Å²) in [6.07, 6.45) is 1.47. The molecule has 0 saturated carbocycles. The van der Waals surface area contributed by atoms with E-state index in [-0.39, 0.29) is 0 Å². The average Bonchev–Trinajstić information content (AvgIpc) is 2.55. The van der Waals surface area contributed by atoms with Crippen LogP contribution < -0.4 is 0 Å². The van der Waals surface area contributed by atoms with Crippen LogP contribution in [-0.2, 0) is 4.74 Å². The lowest BCUT2D eigenvalue weighted by Crippen LogP contribution is -2.36. The van der Waals surface area contributed by atoms with Crippen LogP contribution in [0.4, 0.5) is 0 Å². The second-order valence-corrected chi connectivity index (χ2v) is 3.72. The second kappa shape index (κ2) is 5.28. The lowest BCUT2D eigenvalue weighted by Gasteiger charge is -2.23. The van der Waals surface area contributed by atoms with Gasteiger partial charge in [-0.1, -0.05) is 0 Å². The van der Waals surface area contributed by atoms with E-state index < -0.39 is 0 Å². The van der Waals surface area contributed by atoms with Crippen LogP contribution in [0.5, 0.6) is 0 Å². The Labute approximate surface area is 83.8 Å². The SMILES string of the molecule is CO[C@H]1CCN(C(CCl)CCl)C1. The van der Waals surface area contributed by atoms with E-state index in [2.05, 4.69) is 4.90 Å². The quantitative estimate of drug-likeness (QED) is 0.655. The molecule has 2 nitrogen and oxygen atoms in total. The van der Waals surface area contributed by atoms with Gasteiger partial charge in [0.2, 0.25) is 0 Å². The Bertz CT molecular complexity index is 130. The predicted molar refractivity (Wildman–Crippen MR) is 52.2 cm³/mol. The lowest BCUT2D eigenvalue weighted by molar-refractivity contribution is 0.104. The maximum atomic E-state index is 5.77. The van der Waals surface area contributed by atoms with Crippen molar-refractivity contribution in [2.45, 2.75) is 18.6 Å². The highest BCUT2D eigenvalue weighted by atomic mass is 35.5. The van der Waals surface area contributed by atoms with Crippen molar-refractivity contribution in [1.29, 1.82) is 0 Å². The maximum absolute atomic E-state index is 5.77. The first-order valence-corrected chi connectivity index (χ1v) is 5.27. The van der Waals surface area contributed by atoms with E-state index in [9.17, 15) is 0 Å². The second-order valence-electron chi connectivity index (χ2n) is 3.10. The Kier molecular flexibility index (Phi) is 4.65. The molecule has 1 atom stereocenters. The van der Waals surface area contributed by atoms with Crippen LogP contribution in [0.15, 0.2) is 0 Å². The summed E-state index contributed by atoms with van der Waals surface area (Å²) in [5.74, 6) is 1.22. The summed E-state index contributed by atoms with van der Waals surface area (Å²) in [6.45, 7) is 2.03. The van der Waals surface area contributed by atoms with Gasteiger partial charge < -0.3 is 4.74 Å². The van der Waals surface area contributed by atoms with Gasteiger partial charge in [-0.2, -0.15) is 0 Å². The zero-order valence-electron chi connectivity index (χ0n) is 7.30. The highest BCUT2D eigenvalue weighted by Crippen LogP contribution is 2.16. The van der Waals surface area contributed by atoms with Crippen molar-refractivity contribution in [3.63, 3.8) is 0 Å². The first-order chi connectivity index (χ1) is 5.81. The largest absolute Gasteiger partial charge is 0.380 e. The molecule has 4 heteroatoms. The lowest BCUT2D eigenvalue weighted by atomic mass is 10.3. The van der Waals surface area contributed by atoms with Crippen molar-refractivity contribution in [2.75, 3.05) is 32.0 Å². The highest BCUT2D eigenvalue weighted by Gasteiger charge is 2.26. The molecule has 0 aliphatic carbocycles. The van der Waals surface area contributed by atoms with Gasteiger partial charge in [-0.3, -0.25) is 4.90 Å². The van der Waals surface area contributed by atoms with Gasteiger partial charge in [0.15, 0.2) is 0 Å². The van der Waals surface area contributed by atoms with E-state index in [4.69, 9.17) is 27.9 Å². The number of methoxy groups -OCH3 is 1. The monoisotopic (exact) mass is 211 g/mol. The molecule has 0 amide bonds. The van der Waals surface area contributed by atoms with E-state index in [1.807, 2.05) is 0 Å². The first-order valence-electron chi connectivity index (χ1n) is 4.20. The van der Waals surface area contributed by atoms with E-state index in [1.165, 1.54) is 0 Å². The summed E-state index contributed by atoms with van der Waals surface area (Å²) >= 11 is 11.5. The third kappa shape index (κ3) is 2.49. The fourth-order valence-electron chi connectivity index (χ4n) is 1.51. The Balaban J connectivity index is 2.34. The molecule has 0 aromatic rings. The molecule has 0 unspecified atom stereocenters. The van der Waals surface area contributed by atoms with Gasteiger partial charge in [-0.25, -0.2) is 0 Å². The maximum Gasteiger partial charge on any atom is 0.0710 e. The fourth-order valence-corrected chi connectivity index (χ4v) is 2.23. The van der Waals surface area contributed by atoms with Crippen LogP contribution in [-0.4, -0.2) is 49.0 Å². The number of nitrogens with zero attached hydrogens (tertiary/aromatic N) is 1. The van der Waals surface area contributed by atoms with E-state index in [1.54, 1.807) is 7.11 Å². The van der Waals surface area contributed by atoms with Gasteiger partial charge in [0.25, 0.3) is 0 Å². The molecule has 72 valence electrons. The van der Waals surface area contributed by atoms with Crippen molar-refractivity contribution in [3.05, 3.63) is 0 Å². The molecule has 12 heavy (non-hydrogen) atoms. The Morgan fingerprint density at radius 1 is 1.50 bits per heavy atom. The first kappa shape index (κ1) is 10.6. The minimum Gasteiger partial charge on any atom is -0.380 e. The van der Waals surface area contributed by atoms with Gasteiger partial charge in [0.1, 0.15) is 0 Å². The molecule has 0 N–H and O–H groups in total. The van der Waals surface area contributed by atoms with Gasteiger partial charge in [0, 0.05) is 38.0 Å². The Morgan fingerprint density at radius 2 is 2.17 bits per heavy atom. The van der Waals surface area contributed by atoms with Crippen molar-refractivity contribution in [3.8, 4) is 0 Å². The van der Waals surface area contributed by atoms with Crippen LogP contribution in [0.3, 0.4) is 0 Å². The molecule has 0 radical (unpaired) electrons. The van der Waals surface area contributed by atoms with Crippen LogP contribution in [0.25, 0.3) is 0 Å². The van der Waals surface area contributed by atoms with Crippen molar-refractivity contribution >= 4 is 23.2 Å². The summed E-state index contributed by atoms with van der Waals surface area (Å²) in [4.78, 5) is 2.30. The molecule has 1 fully saturated rings. The molecule has 0 aromatic carbocycles. The molecule has 1 aliphatic heterocycles. The average molecular weight is 212 g/mol. The zero-order chi connectivity index (χ0) is 8.97. The van der Waals surface area contributed by atoms with Gasteiger partial charge in [0.05, 0.1) is 6.10 Å². The number of rotatable bonds is 4. The van der Waals surface area contributed by atoms with E-state index >= 15 is 0 Å². The van der Waals surface area contributed by atoms with Crippen LogP contribution in [0, 0.1) is 0 Å². The number of likely N-dealkylation sites (tertiary alicyclic amines) is 1. The van der Waals surface area contributed by atoms with Crippen LogP contribution in [0.1, 0.15) is 6.42 Å². The Hall–Kier alpha value is 0.500. The number of alkyl halides is 2. The van der Waals surface area contributed by atoms with Crippen LogP contribution >= 0.6 is 23.2 Å². The summed E-state index contributed by atoms with van der Waals surface area (Å²) in [5.41, 5.74) is 0. The van der Waals surface area contributed by atoms with Gasteiger partial charge in [-0.15, -0.1) is 23.2 Å². The molecule has 0 spiro atoms. The van der Waals surface area contributed by atoms with Gasteiger partial charge in [-0.05, 0) is 6.42 Å². The summed E-state index contributed by atoms with van der Waals surface area (Å²) < 4.78 is 5.25. The summed E-state index contributed by atoms with van der Waals surface area (Å²) in [5, 5.41) is 0. The summed E-state index contributed by atoms with van der Waals surface area (Å²) in [6, 6.07) is 0.313. The molecule has 1 aliphatic rings. The predicted octanol–water partition coefficient (Wildman–Crippen LogP) is 1.55. The zero-order valence-corrected chi connectivity index (χ0v) is 8.81. The minimum atomic E-state index is 0.313. The topological polar surface area (TPSA) is 12.5 Å². The number of ether oxygens (including phenoxy) is 1. The smallest absolute Gasteiger partial charge is 0.0710 e. The standard InChI is InChI=1S/C8H15Cl2NO/c1-12-8-2-3-11(6-8)7(4-9)5-10/h7-8H,2-6H2,1H3/t8-/m0/s1. The molecule has 0 aromatic heterocycles. The molecule has 1 saturated heterocycles. The number of hydrogen-bond donors (Lipinski definition) is 0. The fraction of sp³-hybridized carbons (Fsp3) is 1.00. The van der Waals surface area contributed by atoms with Crippen molar-refractivity contribution in [2.24, 2.45) is 0 Å². The molecular formula is C8H15Cl2NO. The normalized spacial score (nSPS) is 25.5. The molecule has 0 bridgehead atoms. The third-order valence-electron chi connectivity index (χ3n) is 2.38. The molecule has 1 heterocycles. The summed E-state index contributed by atoms with van der Waals surface area (Å²) in [7, 11) is 1.75. The number of halogens is 2. The highest BCUT2D eigenvalue weighted by molar-refractivity contribution is 6.21. The van der Waals surface area contributed by atoms with E-state index in [0.29, 0.717) is 23.9 Å². The molecule has 1 rings (SSSR count). The Morgan fingerprint density at radius 3 is 2.58 bits per heavy atom. The van der Waals surface area contributed by atoms with Gasteiger partial charge >= 0.3 is 0 Å². The number of hydrogen-bond acceptors (Lipinski definition) is 2. The van der Waals surface area contributed by atoms with Crippen LogP contribution in [0.2, 0.25) is 0 Å². The van der Waals surface area contributed by atoms with Crippen molar-refractivity contribution < 1.29 is 4.74 Å². The molecular weight excluding hydrogens is 197 g/mol.